The maximum atomic E-state index is 10.3. The summed E-state index contributed by atoms with van der Waals surface area (Å²) >= 11 is 12.0. The van der Waals surface area contributed by atoms with Gasteiger partial charge in [0.25, 0.3) is 0 Å². The first-order valence-electron chi connectivity index (χ1n) is 6.47. The summed E-state index contributed by atoms with van der Waals surface area (Å²) in [7, 11) is 0. The van der Waals surface area contributed by atoms with Crippen molar-refractivity contribution in [2.24, 2.45) is 0 Å². The predicted octanol–water partition coefficient (Wildman–Crippen LogP) is 4.21. The zero-order valence-electron chi connectivity index (χ0n) is 11.0. The first kappa shape index (κ1) is 14.3. The second-order valence-electron chi connectivity index (χ2n) is 4.74. The molecular formula is C16H12Cl2N2O. The second kappa shape index (κ2) is 5.98. The molecule has 0 fully saturated rings. The van der Waals surface area contributed by atoms with Crippen LogP contribution in [0.25, 0.3) is 11.0 Å². The van der Waals surface area contributed by atoms with E-state index in [0.29, 0.717) is 22.2 Å². The number of rotatable bonds is 3. The number of nitrogens with zero attached hydrogens (tertiary/aromatic N) is 2. The van der Waals surface area contributed by atoms with Crippen molar-refractivity contribution < 1.29 is 5.11 Å². The van der Waals surface area contributed by atoms with Gasteiger partial charge in [-0.2, -0.15) is 0 Å². The molecule has 3 aromatic rings. The molecule has 1 heterocycles. The van der Waals surface area contributed by atoms with Crippen LogP contribution in [0, 0.1) is 0 Å². The first-order chi connectivity index (χ1) is 10.1. The highest BCUT2D eigenvalue weighted by atomic mass is 35.5. The number of halogens is 2. The topological polar surface area (TPSA) is 46.0 Å². The normalized spacial score (nSPS) is 12.5. The first-order valence-corrected chi connectivity index (χ1v) is 7.23. The number of fused-ring (bicyclic) bond motifs is 1. The molecule has 1 unspecified atom stereocenters. The van der Waals surface area contributed by atoms with Crippen molar-refractivity contribution in [1.29, 1.82) is 0 Å². The van der Waals surface area contributed by atoms with Crippen molar-refractivity contribution in [3.63, 3.8) is 0 Å². The van der Waals surface area contributed by atoms with Crippen LogP contribution in [-0.2, 0) is 6.42 Å². The zero-order valence-corrected chi connectivity index (χ0v) is 12.5. The van der Waals surface area contributed by atoms with Gasteiger partial charge < -0.3 is 5.11 Å². The summed E-state index contributed by atoms with van der Waals surface area (Å²) in [6.07, 6.45) is 1.20. The molecular weight excluding hydrogens is 307 g/mol. The minimum Gasteiger partial charge on any atom is -0.386 e. The van der Waals surface area contributed by atoms with E-state index in [2.05, 4.69) is 9.97 Å². The van der Waals surface area contributed by atoms with Gasteiger partial charge in [0.2, 0.25) is 0 Å². The van der Waals surface area contributed by atoms with E-state index in [0.717, 1.165) is 16.6 Å². The van der Waals surface area contributed by atoms with Gasteiger partial charge >= 0.3 is 0 Å². The number of benzene rings is 2. The Labute approximate surface area is 132 Å². The maximum absolute atomic E-state index is 10.3. The van der Waals surface area contributed by atoms with Crippen molar-refractivity contribution in [3.8, 4) is 0 Å². The minimum atomic E-state index is -0.763. The number of para-hydroxylation sites is 2. The van der Waals surface area contributed by atoms with E-state index in [4.69, 9.17) is 23.2 Å². The average Bonchev–Trinajstić information content (AvgIpc) is 2.49. The van der Waals surface area contributed by atoms with Gasteiger partial charge in [-0.15, -0.1) is 0 Å². The predicted molar refractivity (Wildman–Crippen MR) is 84.7 cm³/mol. The van der Waals surface area contributed by atoms with Crippen LogP contribution >= 0.6 is 23.2 Å². The molecule has 0 saturated carbocycles. The van der Waals surface area contributed by atoms with Gasteiger partial charge in [0.15, 0.2) is 0 Å². The van der Waals surface area contributed by atoms with E-state index >= 15 is 0 Å². The smallest absolute Gasteiger partial charge is 0.102 e. The summed E-state index contributed by atoms with van der Waals surface area (Å²) in [5, 5.41) is 11.4. The van der Waals surface area contributed by atoms with Crippen LogP contribution in [0.4, 0.5) is 0 Å². The van der Waals surface area contributed by atoms with Crippen LogP contribution in [0.3, 0.4) is 0 Å². The van der Waals surface area contributed by atoms with Crippen molar-refractivity contribution in [1.82, 2.24) is 9.97 Å². The molecule has 0 radical (unpaired) electrons. The fourth-order valence-corrected chi connectivity index (χ4v) is 2.62. The summed E-state index contributed by atoms with van der Waals surface area (Å²) < 4.78 is 0. The quantitative estimate of drug-likeness (QED) is 0.786. The molecule has 0 aliphatic rings. The number of hydrogen-bond acceptors (Lipinski definition) is 3. The third-order valence-corrected chi connectivity index (χ3v) is 3.82. The Kier molecular flexibility index (Phi) is 4.06. The zero-order chi connectivity index (χ0) is 14.8. The Morgan fingerprint density at radius 1 is 1.05 bits per heavy atom. The third kappa shape index (κ3) is 3.16. The fraction of sp³-hybridized carbons (Fsp3) is 0.125. The number of aliphatic hydroxyl groups excluding tert-OH is 1. The molecule has 3 rings (SSSR count). The summed E-state index contributed by atoms with van der Waals surface area (Å²) in [5.41, 5.74) is 2.91. The largest absolute Gasteiger partial charge is 0.386 e. The standard InChI is InChI=1S/C16H12Cl2N2O/c17-11-6-5-10(12(18)8-11)7-16(21)15-9-19-13-3-1-2-4-14(13)20-15/h1-6,8-9,16,21H,7H2. The second-order valence-corrected chi connectivity index (χ2v) is 5.58. The molecule has 0 bridgehead atoms. The van der Waals surface area contributed by atoms with Gasteiger partial charge in [0.1, 0.15) is 6.10 Å². The van der Waals surface area contributed by atoms with Crippen LogP contribution in [0.15, 0.2) is 48.7 Å². The molecule has 1 N–H and O–H groups in total. The van der Waals surface area contributed by atoms with Gasteiger partial charge in [-0.25, -0.2) is 4.98 Å². The van der Waals surface area contributed by atoms with Gasteiger partial charge in [-0.1, -0.05) is 41.4 Å². The van der Waals surface area contributed by atoms with Crippen LogP contribution in [-0.4, -0.2) is 15.1 Å². The highest BCUT2D eigenvalue weighted by Gasteiger charge is 2.13. The molecule has 0 aliphatic carbocycles. The van der Waals surface area contributed by atoms with Gasteiger partial charge in [-0.05, 0) is 29.8 Å². The van der Waals surface area contributed by atoms with Crippen molar-refractivity contribution in [2.75, 3.05) is 0 Å². The van der Waals surface area contributed by atoms with E-state index in [1.807, 2.05) is 30.3 Å². The van der Waals surface area contributed by atoms with Gasteiger partial charge in [-0.3, -0.25) is 4.98 Å². The van der Waals surface area contributed by atoms with E-state index in [1.54, 1.807) is 18.3 Å². The molecule has 3 nitrogen and oxygen atoms in total. The minimum absolute atomic E-state index is 0.364. The molecule has 1 atom stereocenters. The summed E-state index contributed by atoms with van der Waals surface area (Å²) in [6.45, 7) is 0. The molecule has 0 saturated heterocycles. The molecule has 5 heteroatoms. The Morgan fingerprint density at radius 2 is 1.81 bits per heavy atom. The van der Waals surface area contributed by atoms with E-state index in [1.165, 1.54) is 0 Å². The molecule has 0 amide bonds. The Morgan fingerprint density at radius 3 is 2.57 bits per heavy atom. The number of hydrogen-bond donors (Lipinski definition) is 1. The number of aliphatic hydroxyl groups is 1. The van der Waals surface area contributed by atoms with Crippen LogP contribution in [0.5, 0.6) is 0 Å². The lowest BCUT2D eigenvalue weighted by molar-refractivity contribution is 0.173. The number of aromatic nitrogens is 2. The van der Waals surface area contributed by atoms with E-state index in [-0.39, 0.29) is 0 Å². The monoisotopic (exact) mass is 318 g/mol. The Hall–Kier alpha value is -1.68. The van der Waals surface area contributed by atoms with Gasteiger partial charge in [0.05, 0.1) is 22.9 Å². The lowest BCUT2D eigenvalue weighted by Gasteiger charge is -2.12. The molecule has 106 valence electrons. The molecule has 0 aliphatic heterocycles. The van der Waals surface area contributed by atoms with E-state index < -0.39 is 6.10 Å². The summed E-state index contributed by atoms with van der Waals surface area (Å²) in [6, 6.07) is 12.8. The van der Waals surface area contributed by atoms with Crippen LogP contribution < -0.4 is 0 Å². The summed E-state index contributed by atoms with van der Waals surface area (Å²) in [4.78, 5) is 8.74. The third-order valence-electron chi connectivity index (χ3n) is 3.24. The molecule has 0 spiro atoms. The van der Waals surface area contributed by atoms with Crippen molar-refractivity contribution >= 4 is 34.2 Å². The van der Waals surface area contributed by atoms with Crippen molar-refractivity contribution in [2.45, 2.75) is 12.5 Å². The Balaban J connectivity index is 1.87. The molecule has 2 aromatic carbocycles. The highest BCUT2D eigenvalue weighted by Crippen LogP contribution is 2.25. The molecule has 1 aromatic heterocycles. The molecule has 21 heavy (non-hydrogen) atoms. The Bertz CT molecular complexity index is 792. The van der Waals surface area contributed by atoms with Crippen LogP contribution in [0.2, 0.25) is 10.0 Å². The van der Waals surface area contributed by atoms with Crippen molar-refractivity contribution in [3.05, 3.63) is 70.0 Å². The highest BCUT2D eigenvalue weighted by molar-refractivity contribution is 6.35. The lowest BCUT2D eigenvalue weighted by Crippen LogP contribution is -2.05. The average molecular weight is 319 g/mol. The maximum Gasteiger partial charge on any atom is 0.102 e. The fourth-order valence-electron chi connectivity index (χ4n) is 2.13. The van der Waals surface area contributed by atoms with Gasteiger partial charge in [0, 0.05) is 16.5 Å². The van der Waals surface area contributed by atoms with E-state index in [9.17, 15) is 5.11 Å². The SMILES string of the molecule is OC(Cc1ccc(Cl)cc1Cl)c1cnc2ccccc2n1. The van der Waals surface area contributed by atoms with Crippen LogP contribution in [0.1, 0.15) is 17.4 Å². The summed E-state index contributed by atoms with van der Waals surface area (Å²) in [5.74, 6) is 0. The lowest BCUT2D eigenvalue weighted by atomic mass is 10.1.